The summed E-state index contributed by atoms with van der Waals surface area (Å²) in [6.45, 7) is -0.410. The SMILES string of the molecule is O=C(COC(=O)c1ccc(-c2ccc([N+](=O)[O-])cc2)o1)c1ccc[nH]1. The zero-order valence-corrected chi connectivity index (χ0v) is 12.8. The Bertz CT molecular complexity index is 909. The van der Waals surface area contributed by atoms with Crippen LogP contribution in [-0.4, -0.2) is 28.3 Å². The summed E-state index contributed by atoms with van der Waals surface area (Å²) in [4.78, 5) is 36.6. The standard InChI is InChI=1S/C17H12N2O6/c20-14(13-2-1-9-18-13)10-24-17(21)16-8-7-15(25-16)11-3-5-12(6-4-11)19(22)23/h1-9,18H,10H2. The molecule has 0 bridgehead atoms. The van der Waals surface area contributed by atoms with Gasteiger partial charge in [-0.25, -0.2) is 4.79 Å². The predicted molar refractivity (Wildman–Crippen MR) is 86.2 cm³/mol. The van der Waals surface area contributed by atoms with Gasteiger partial charge in [-0.2, -0.15) is 0 Å². The molecule has 0 unspecified atom stereocenters. The van der Waals surface area contributed by atoms with Crippen LogP contribution in [0, 0.1) is 10.1 Å². The summed E-state index contributed by atoms with van der Waals surface area (Å²) >= 11 is 0. The molecular weight excluding hydrogens is 328 g/mol. The van der Waals surface area contributed by atoms with Crippen LogP contribution in [0.1, 0.15) is 21.0 Å². The number of aromatic amines is 1. The lowest BCUT2D eigenvalue weighted by Gasteiger charge is -2.01. The smallest absolute Gasteiger partial charge is 0.374 e. The van der Waals surface area contributed by atoms with Gasteiger partial charge in [0.15, 0.2) is 6.61 Å². The van der Waals surface area contributed by atoms with Gasteiger partial charge < -0.3 is 14.1 Å². The highest BCUT2D eigenvalue weighted by atomic mass is 16.6. The van der Waals surface area contributed by atoms with Crippen molar-refractivity contribution in [2.24, 2.45) is 0 Å². The van der Waals surface area contributed by atoms with E-state index in [0.717, 1.165) is 0 Å². The lowest BCUT2D eigenvalue weighted by Crippen LogP contribution is -2.14. The summed E-state index contributed by atoms with van der Waals surface area (Å²) in [5, 5.41) is 10.6. The van der Waals surface area contributed by atoms with Gasteiger partial charge in [-0.15, -0.1) is 0 Å². The Morgan fingerprint density at radius 3 is 2.52 bits per heavy atom. The number of benzene rings is 1. The van der Waals surface area contributed by atoms with Crippen LogP contribution < -0.4 is 0 Å². The molecule has 8 nitrogen and oxygen atoms in total. The van der Waals surface area contributed by atoms with Crippen LogP contribution in [0.5, 0.6) is 0 Å². The highest BCUT2D eigenvalue weighted by Crippen LogP contribution is 2.24. The average molecular weight is 340 g/mol. The van der Waals surface area contributed by atoms with Crippen molar-refractivity contribution in [1.29, 1.82) is 0 Å². The van der Waals surface area contributed by atoms with E-state index in [-0.39, 0.29) is 17.2 Å². The summed E-state index contributed by atoms with van der Waals surface area (Å²) in [7, 11) is 0. The first-order valence-corrected chi connectivity index (χ1v) is 7.23. The maximum Gasteiger partial charge on any atom is 0.374 e. The fraction of sp³-hybridized carbons (Fsp3) is 0.0588. The van der Waals surface area contributed by atoms with Gasteiger partial charge in [0.2, 0.25) is 11.5 Å². The quantitative estimate of drug-likeness (QED) is 0.319. The number of aromatic nitrogens is 1. The van der Waals surface area contributed by atoms with Crippen LogP contribution in [0.4, 0.5) is 5.69 Å². The summed E-state index contributed by atoms with van der Waals surface area (Å²) in [6, 6.07) is 11.9. The van der Waals surface area contributed by atoms with Gasteiger partial charge in [0, 0.05) is 23.9 Å². The number of Topliss-reactive ketones (excluding diaryl/α,β-unsaturated/α-hetero) is 1. The van der Waals surface area contributed by atoms with E-state index in [1.54, 1.807) is 24.4 Å². The minimum absolute atomic E-state index is 0.0437. The number of nitrogens with zero attached hydrogens (tertiary/aromatic N) is 1. The average Bonchev–Trinajstić information content (AvgIpc) is 3.31. The summed E-state index contributed by atoms with van der Waals surface area (Å²) in [5.41, 5.74) is 0.878. The maximum atomic E-state index is 11.9. The largest absolute Gasteiger partial charge is 0.451 e. The molecule has 1 N–H and O–H groups in total. The van der Waals surface area contributed by atoms with Gasteiger partial charge >= 0.3 is 5.97 Å². The molecule has 0 aliphatic rings. The van der Waals surface area contributed by atoms with E-state index in [1.807, 2.05) is 0 Å². The molecule has 126 valence electrons. The van der Waals surface area contributed by atoms with Gasteiger partial charge in [0.05, 0.1) is 10.6 Å². The lowest BCUT2D eigenvalue weighted by molar-refractivity contribution is -0.384. The third-order valence-corrected chi connectivity index (χ3v) is 3.40. The number of non-ortho nitro benzene ring substituents is 1. The van der Waals surface area contributed by atoms with Crippen molar-refractivity contribution in [3.8, 4) is 11.3 Å². The number of H-pyrrole nitrogens is 1. The molecule has 0 saturated carbocycles. The summed E-state index contributed by atoms with van der Waals surface area (Å²) in [6.07, 6.45) is 1.60. The number of ether oxygens (including phenoxy) is 1. The first kappa shape index (κ1) is 16.2. The van der Waals surface area contributed by atoms with Gasteiger partial charge in [-0.1, -0.05) is 0 Å². The fourth-order valence-corrected chi connectivity index (χ4v) is 2.13. The van der Waals surface area contributed by atoms with Gasteiger partial charge in [0.1, 0.15) is 5.76 Å². The topological polar surface area (TPSA) is 115 Å². The molecular formula is C17H12N2O6. The van der Waals surface area contributed by atoms with E-state index in [4.69, 9.17) is 9.15 Å². The van der Waals surface area contributed by atoms with Crippen molar-refractivity contribution in [3.63, 3.8) is 0 Å². The van der Waals surface area contributed by atoms with E-state index in [2.05, 4.69) is 4.98 Å². The van der Waals surface area contributed by atoms with Gasteiger partial charge in [0.25, 0.3) is 5.69 Å². The zero-order chi connectivity index (χ0) is 17.8. The second kappa shape index (κ2) is 6.83. The Kier molecular flexibility index (Phi) is 4.42. The molecule has 0 atom stereocenters. The highest BCUT2D eigenvalue weighted by molar-refractivity contribution is 5.97. The Labute approximate surface area is 141 Å². The Hall–Kier alpha value is -3.68. The zero-order valence-electron chi connectivity index (χ0n) is 12.8. The molecule has 0 radical (unpaired) electrons. The number of furan rings is 1. The van der Waals surface area contributed by atoms with Gasteiger partial charge in [-0.3, -0.25) is 14.9 Å². The van der Waals surface area contributed by atoms with Crippen molar-refractivity contribution >= 4 is 17.4 Å². The van der Waals surface area contributed by atoms with E-state index in [9.17, 15) is 19.7 Å². The lowest BCUT2D eigenvalue weighted by atomic mass is 10.1. The number of esters is 1. The highest BCUT2D eigenvalue weighted by Gasteiger charge is 2.17. The molecule has 1 aromatic carbocycles. The number of ketones is 1. The van der Waals surface area contributed by atoms with Crippen molar-refractivity contribution in [1.82, 2.24) is 4.98 Å². The molecule has 8 heteroatoms. The van der Waals surface area contributed by atoms with Crippen molar-refractivity contribution in [3.05, 3.63) is 76.3 Å². The molecule has 0 aliphatic carbocycles. The van der Waals surface area contributed by atoms with Gasteiger partial charge in [-0.05, 0) is 36.4 Å². The second-order valence-electron chi connectivity index (χ2n) is 5.05. The van der Waals surface area contributed by atoms with Crippen LogP contribution in [0.25, 0.3) is 11.3 Å². The van der Waals surface area contributed by atoms with E-state index in [0.29, 0.717) is 17.0 Å². The number of hydrogen-bond donors (Lipinski definition) is 1. The number of hydrogen-bond acceptors (Lipinski definition) is 6. The predicted octanol–water partition coefficient (Wildman–Crippen LogP) is 3.22. The molecule has 3 rings (SSSR count). The molecule has 0 fully saturated rings. The third kappa shape index (κ3) is 3.63. The van der Waals surface area contributed by atoms with Crippen LogP contribution in [0.2, 0.25) is 0 Å². The number of carbonyl (C=O) groups is 2. The normalized spacial score (nSPS) is 10.4. The Morgan fingerprint density at radius 2 is 1.88 bits per heavy atom. The summed E-state index contributed by atoms with van der Waals surface area (Å²) in [5.74, 6) is -0.834. The van der Waals surface area contributed by atoms with Crippen LogP contribution in [0.15, 0.2) is 59.1 Å². The minimum atomic E-state index is -0.770. The van der Waals surface area contributed by atoms with Crippen LogP contribution >= 0.6 is 0 Å². The monoisotopic (exact) mass is 340 g/mol. The van der Waals surface area contributed by atoms with Crippen molar-refractivity contribution < 1.29 is 23.7 Å². The number of nitro benzene ring substituents is 1. The number of rotatable bonds is 6. The van der Waals surface area contributed by atoms with E-state index in [1.165, 1.54) is 30.3 Å². The van der Waals surface area contributed by atoms with Crippen molar-refractivity contribution in [2.45, 2.75) is 0 Å². The number of nitrogens with one attached hydrogen (secondary N) is 1. The first-order valence-electron chi connectivity index (χ1n) is 7.23. The molecule has 0 amide bonds. The molecule has 2 aromatic heterocycles. The number of nitro groups is 1. The first-order chi connectivity index (χ1) is 12.0. The third-order valence-electron chi connectivity index (χ3n) is 3.40. The molecule has 0 spiro atoms. The van der Waals surface area contributed by atoms with E-state index >= 15 is 0 Å². The van der Waals surface area contributed by atoms with Crippen LogP contribution in [-0.2, 0) is 4.74 Å². The second-order valence-corrected chi connectivity index (χ2v) is 5.05. The Balaban J connectivity index is 1.65. The van der Waals surface area contributed by atoms with Crippen molar-refractivity contribution in [2.75, 3.05) is 6.61 Å². The minimum Gasteiger partial charge on any atom is -0.451 e. The van der Waals surface area contributed by atoms with Crippen LogP contribution in [0.3, 0.4) is 0 Å². The molecule has 25 heavy (non-hydrogen) atoms. The molecule has 2 heterocycles. The molecule has 0 aliphatic heterocycles. The number of carbonyl (C=O) groups excluding carboxylic acids is 2. The maximum absolute atomic E-state index is 11.9. The fourth-order valence-electron chi connectivity index (χ4n) is 2.13. The van der Waals surface area contributed by atoms with E-state index < -0.39 is 17.5 Å². The molecule has 3 aromatic rings. The Morgan fingerprint density at radius 1 is 1.12 bits per heavy atom. The molecule has 0 saturated heterocycles. The summed E-state index contributed by atoms with van der Waals surface area (Å²) < 4.78 is 10.3.